The zero-order chi connectivity index (χ0) is 14.3. The molecule has 0 saturated heterocycles. The lowest BCUT2D eigenvalue weighted by Gasteiger charge is -2.15. The number of fused-ring (bicyclic) bond motifs is 1. The fraction of sp³-hybridized carbons (Fsp3) is 0.200. The molecule has 20 heavy (non-hydrogen) atoms. The molecule has 1 aromatic carbocycles. The molecule has 1 atom stereocenters. The van der Waals surface area contributed by atoms with E-state index in [1.807, 2.05) is 25.3 Å². The summed E-state index contributed by atoms with van der Waals surface area (Å²) < 4.78 is 3.83. The third-order valence-corrected chi connectivity index (χ3v) is 4.20. The number of aryl methyl sites for hydroxylation is 1. The lowest BCUT2D eigenvalue weighted by atomic mass is 10.1. The summed E-state index contributed by atoms with van der Waals surface area (Å²) in [5.41, 5.74) is 4.19. The van der Waals surface area contributed by atoms with Gasteiger partial charge in [-0.15, -0.1) is 0 Å². The lowest BCUT2D eigenvalue weighted by molar-refractivity contribution is 0.643. The average Bonchev–Trinajstić information content (AvgIpc) is 2.73. The summed E-state index contributed by atoms with van der Waals surface area (Å²) in [5.74, 6) is 0. The molecule has 3 nitrogen and oxygen atoms in total. The van der Waals surface area contributed by atoms with Crippen molar-refractivity contribution in [2.24, 2.45) is 0 Å². The predicted octanol–water partition coefficient (Wildman–Crippen LogP) is 4.77. The second-order valence-corrected chi connectivity index (χ2v) is 6.22. The minimum Gasteiger partial charge on any atom is -0.329 e. The Labute approximate surface area is 130 Å². The monoisotopic (exact) mass is 347 g/mol. The zero-order valence-electron chi connectivity index (χ0n) is 11.2. The zero-order valence-corrected chi connectivity index (χ0v) is 13.6. The number of H-pyrrole nitrogens is 1. The number of benzene rings is 1. The molecule has 0 saturated carbocycles. The van der Waals surface area contributed by atoms with Crippen LogP contribution in [0, 0.1) is 11.7 Å². The molecule has 0 bridgehead atoms. The van der Waals surface area contributed by atoms with Crippen molar-refractivity contribution in [2.75, 3.05) is 0 Å². The van der Waals surface area contributed by atoms with Crippen molar-refractivity contribution in [3.63, 3.8) is 0 Å². The van der Waals surface area contributed by atoms with Gasteiger partial charge in [-0.3, -0.25) is 4.57 Å². The molecular formula is C15H14BrN3S. The Kier molecular flexibility index (Phi) is 3.48. The minimum absolute atomic E-state index is 0.129. The van der Waals surface area contributed by atoms with Crippen LogP contribution < -0.4 is 0 Å². The van der Waals surface area contributed by atoms with Gasteiger partial charge in [0.1, 0.15) is 0 Å². The molecule has 2 aromatic heterocycles. The van der Waals surface area contributed by atoms with E-state index in [0.717, 1.165) is 21.2 Å². The van der Waals surface area contributed by atoms with E-state index in [0.29, 0.717) is 4.77 Å². The first-order valence-electron chi connectivity index (χ1n) is 6.38. The summed E-state index contributed by atoms with van der Waals surface area (Å²) in [7, 11) is 0. The van der Waals surface area contributed by atoms with Gasteiger partial charge in [0.2, 0.25) is 0 Å². The SMILES string of the molecule is Cc1cnc2c(c1)[nH]c(=S)n2C(C)c1cccc(Br)c1. The van der Waals surface area contributed by atoms with Crippen molar-refractivity contribution in [3.8, 4) is 0 Å². The van der Waals surface area contributed by atoms with E-state index in [9.17, 15) is 0 Å². The van der Waals surface area contributed by atoms with Crippen LogP contribution in [0.5, 0.6) is 0 Å². The number of hydrogen-bond acceptors (Lipinski definition) is 2. The molecule has 0 aliphatic rings. The maximum Gasteiger partial charge on any atom is 0.179 e. The Morgan fingerprint density at radius 2 is 2.15 bits per heavy atom. The fourth-order valence-corrected chi connectivity index (χ4v) is 3.16. The summed E-state index contributed by atoms with van der Waals surface area (Å²) in [6.07, 6.45) is 1.87. The second kappa shape index (κ2) is 5.14. The number of halogens is 1. The molecule has 3 rings (SSSR count). The molecular weight excluding hydrogens is 334 g/mol. The molecule has 5 heteroatoms. The Bertz CT molecular complexity index is 834. The second-order valence-electron chi connectivity index (χ2n) is 4.91. The van der Waals surface area contributed by atoms with Crippen molar-refractivity contribution < 1.29 is 0 Å². The lowest BCUT2D eigenvalue weighted by Crippen LogP contribution is -2.07. The van der Waals surface area contributed by atoms with E-state index < -0.39 is 0 Å². The Hall–Kier alpha value is -1.46. The van der Waals surface area contributed by atoms with Crippen molar-refractivity contribution in [2.45, 2.75) is 19.9 Å². The van der Waals surface area contributed by atoms with Gasteiger partial charge >= 0.3 is 0 Å². The predicted molar refractivity (Wildman–Crippen MR) is 87.6 cm³/mol. The van der Waals surface area contributed by atoms with Gasteiger partial charge < -0.3 is 4.98 Å². The van der Waals surface area contributed by atoms with Crippen molar-refractivity contribution in [3.05, 3.63) is 56.9 Å². The van der Waals surface area contributed by atoms with Gasteiger partial charge in [0.15, 0.2) is 10.4 Å². The first-order chi connectivity index (χ1) is 9.56. The molecule has 0 amide bonds. The number of hydrogen-bond donors (Lipinski definition) is 1. The quantitative estimate of drug-likeness (QED) is 0.677. The molecule has 1 unspecified atom stereocenters. The largest absolute Gasteiger partial charge is 0.329 e. The highest BCUT2D eigenvalue weighted by molar-refractivity contribution is 9.10. The number of imidazole rings is 1. The highest BCUT2D eigenvalue weighted by Crippen LogP contribution is 2.25. The normalized spacial score (nSPS) is 12.8. The Morgan fingerprint density at radius 1 is 1.35 bits per heavy atom. The highest BCUT2D eigenvalue weighted by atomic mass is 79.9. The van der Waals surface area contributed by atoms with E-state index >= 15 is 0 Å². The maximum absolute atomic E-state index is 5.46. The van der Waals surface area contributed by atoms with E-state index in [-0.39, 0.29) is 6.04 Å². The van der Waals surface area contributed by atoms with Gasteiger partial charge in [-0.25, -0.2) is 4.98 Å². The number of aromatic nitrogens is 3. The van der Waals surface area contributed by atoms with Gasteiger partial charge in [0.05, 0.1) is 11.6 Å². The first-order valence-corrected chi connectivity index (χ1v) is 7.58. The van der Waals surface area contributed by atoms with Crippen LogP contribution in [0.4, 0.5) is 0 Å². The number of rotatable bonds is 2. The number of pyridine rings is 1. The maximum atomic E-state index is 5.46. The van der Waals surface area contributed by atoms with E-state index in [2.05, 4.69) is 55.6 Å². The third-order valence-electron chi connectivity index (χ3n) is 3.41. The molecule has 0 aliphatic carbocycles. The standard InChI is InChI=1S/C15H14BrN3S/c1-9-6-13-14(17-8-9)19(15(20)18-13)10(2)11-4-3-5-12(16)7-11/h3-8,10H,1-2H3,(H,18,20). The van der Waals surface area contributed by atoms with Crippen molar-refractivity contribution >= 4 is 39.3 Å². The summed E-state index contributed by atoms with van der Waals surface area (Å²) in [6.45, 7) is 4.16. The number of nitrogens with one attached hydrogen (secondary N) is 1. The minimum atomic E-state index is 0.129. The van der Waals surface area contributed by atoms with Gasteiger partial charge in [-0.1, -0.05) is 28.1 Å². The summed E-state index contributed by atoms with van der Waals surface area (Å²) >= 11 is 8.97. The fourth-order valence-electron chi connectivity index (χ4n) is 2.39. The highest BCUT2D eigenvalue weighted by Gasteiger charge is 2.14. The molecule has 1 N–H and O–H groups in total. The molecule has 3 aromatic rings. The summed E-state index contributed by atoms with van der Waals surface area (Å²) in [4.78, 5) is 7.76. The van der Waals surface area contributed by atoms with Crippen LogP contribution >= 0.6 is 28.1 Å². The molecule has 0 spiro atoms. The van der Waals surface area contributed by atoms with Crippen LogP contribution in [-0.4, -0.2) is 14.5 Å². The van der Waals surface area contributed by atoms with E-state index in [1.54, 1.807) is 0 Å². The van der Waals surface area contributed by atoms with Gasteiger partial charge in [-0.05, 0) is 55.4 Å². The van der Waals surface area contributed by atoms with Gasteiger partial charge in [-0.2, -0.15) is 0 Å². The molecule has 0 fully saturated rings. The van der Waals surface area contributed by atoms with Crippen LogP contribution in [0.15, 0.2) is 41.0 Å². The molecule has 0 aliphatic heterocycles. The molecule has 2 heterocycles. The Balaban J connectivity index is 2.19. The number of nitrogens with zero attached hydrogens (tertiary/aromatic N) is 2. The third kappa shape index (κ3) is 2.31. The van der Waals surface area contributed by atoms with Crippen LogP contribution in [0.2, 0.25) is 0 Å². The van der Waals surface area contributed by atoms with E-state index in [4.69, 9.17) is 12.2 Å². The molecule has 0 radical (unpaired) electrons. The first kappa shape index (κ1) is 13.5. The number of aromatic amines is 1. The van der Waals surface area contributed by atoms with Gasteiger partial charge in [0.25, 0.3) is 0 Å². The average molecular weight is 348 g/mol. The van der Waals surface area contributed by atoms with Crippen LogP contribution in [0.3, 0.4) is 0 Å². The van der Waals surface area contributed by atoms with Crippen molar-refractivity contribution in [1.29, 1.82) is 0 Å². The Morgan fingerprint density at radius 3 is 2.90 bits per heavy atom. The summed E-state index contributed by atoms with van der Waals surface area (Å²) in [6, 6.07) is 10.5. The van der Waals surface area contributed by atoms with Crippen molar-refractivity contribution in [1.82, 2.24) is 14.5 Å². The topological polar surface area (TPSA) is 33.6 Å². The summed E-state index contributed by atoms with van der Waals surface area (Å²) in [5, 5.41) is 0. The van der Waals surface area contributed by atoms with Gasteiger partial charge in [0, 0.05) is 10.7 Å². The van der Waals surface area contributed by atoms with Crippen LogP contribution in [-0.2, 0) is 0 Å². The van der Waals surface area contributed by atoms with E-state index in [1.165, 1.54) is 5.56 Å². The smallest absolute Gasteiger partial charge is 0.179 e. The molecule has 102 valence electrons. The van der Waals surface area contributed by atoms with Crippen LogP contribution in [0.25, 0.3) is 11.2 Å². The van der Waals surface area contributed by atoms with Crippen LogP contribution in [0.1, 0.15) is 24.1 Å².